The SMILES string of the molecule is CC(C)CN1CCN(C(=O)Nc2ccc3[nH]ncc3c2)[C@H](C)C1=O. The Morgan fingerprint density at radius 2 is 2.21 bits per heavy atom. The molecule has 0 spiro atoms. The van der Waals surface area contributed by atoms with Gasteiger partial charge in [0, 0.05) is 30.7 Å². The quantitative estimate of drug-likeness (QED) is 0.906. The van der Waals surface area contributed by atoms with E-state index in [1.165, 1.54) is 0 Å². The fraction of sp³-hybridized carbons (Fsp3) is 0.471. The van der Waals surface area contributed by atoms with Crippen LogP contribution in [0.25, 0.3) is 10.9 Å². The molecule has 0 bridgehead atoms. The molecule has 3 amide bonds. The molecule has 1 saturated heterocycles. The Hall–Kier alpha value is -2.57. The summed E-state index contributed by atoms with van der Waals surface area (Å²) in [5.41, 5.74) is 1.61. The summed E-state index contributed by atoms with van der Waals surface area (Å²) < 4.78 is 0. The van der Waals surface area contributed by atoms with Gasteiger partial charge in [-0.15, -0.1) is 0 Å². The lowest BCUT2D eigenvalue weighted by Gasteiger charge is -2.39. The van der Waals surface area contributed by atoms with Gasteiger partial charge in [0.25, 0.3) is 0 Å². The van der Waals surface area contributed by atoms with Gasteiger partial charge in [0.1, 0.15) is 6.04 Å². The van der Waals surface area contributed by atoms with E-state index in [2.05, 4.69) is 29.4 Å². The predicted molar refractivity (Wildman–Crippen MR) is 92.7 cm³/mol. The number of carbonyl (C=O) groups excluding carboxylic acids is 2. The summed E-state index contributed by atoms with van der Waals surface area (Å²) in [5.74, 6) is 0.429. The molecule has 1 fully saturated rings. The van der Waals surface area contributed by atoms with Crippen LogP contribution in [0.15, 0.2) is 24.4 Å². The van der Waals surface area contributed by atoms with Crippen molar-refractivity contribution in [3.8, 4) is 0 Å². The van der Waals surface area contributed by atoms with E-state index in [1.807, 2.05) is 23.1 Å². The lowest BCUT2D eigenvalue weighted by Crippen LogP contribution is -2.58. The highest BCUT2D eigenvalue weighted by Crippen LogP contribution is 2.19. The minimum Gasteiger partial charge on any atom is -0.339 e. The van der Waals surface area contributed by atoms with Crippen molar-refractivity contribution in [1.82, 2.24) is 20.0 Å². The number of carbonyl (C=O) groups is 2. The van der Waals surface area contributed by atoms with Crippen LogP contribution in [0.4, 0.5) is 10.5 Å². The Kier molecular flexibility index (Phi) is 4.42. The molecule has 2 aromatic rings. The van der Waals surface area contributed by atoms with Gasteiger partial charge in [-0.1, -0.05) is 13.8 Å². The van der Waals surface area contributed by atoms with Gasteiger partial charge in [-0.3, -0.25) is 9.89 Å². The normalized spacial score (nSPS) is 18.5. The molecule has 3 rings (SSSR count). The number of fused-ring (bicyclic) bond motifs is 1. The first-order valence-corrected chi connectivity index (χ1v) is 8.25. The average molecular weight is 329 g/mol. The second-order valence-corrected chi connectivity index (χ2v) is 6.65. The van der Waals surface area contributed by atoms with E-state index in [1.54, 1.807) is 18.0 Å². The molecule has 7 nitrogen and oxygen atoms in total. The van der Waals surface area contributed by atoms with Gasteiger partial charge in [-0.25, -0.2) is 4.79 Å². The molecule has 24 heavy (non-hydrogen) atoms. The van der Waals surface area contributed by atoms with Gasteiger partial charge in [0.05, 0.1) is 11.7 Å². The van der Waals surface area contributed by atoms with Gasteiger partial charge < -0.3 is 15.1 Å². The number of piperazine rings is 1. The molecule has 0 radical (unpaired) electrons. The maximum Gasteiger partial charge on any atom is 0.322 e. The van der Waals surface area contributed by atoms with Crippen LogP contribution in [0.1, 0.15) is 20.8 Å². The molecule has 0 unspecified atom stereocenters. The average Bonchev–Trinajstić information content (AvgIpc) is 2.99. The van der Waals surface area contributed by atoms with Crippen molar-refractivity contribution in [2.24, 2.45) is 5.92 Å². The van der Waals surface area contributed by atoms with Crippen molar-refractivity contribution in [3.05, 3.63) is 24.4 Å². The van der Waals surface area contributed by atoms with E-state index >= 15 is 0 Å². The monoisotopic (exact) mass is 329 g/mol. The zero-order valence-electron chi connectivity index (χ0n) is 14.2. The number of urea groups is 1. The Morgan fingerprint density at radius 1 is 1.42 bits per heavy atom. The van der Waals surface area contributed by atoms with Crippen LogP contribution in [0.5, 0.6) is 0 Å². The number of H-pyrrole nitrogens is 1. The van der Waals surface area contributed by atoms with E-state index in [9.17, 15) is 9.59 Å². The summed E-state index contributed by atoms with van der Waals surface area (Å²) in [4.78, 5) is 28.4. The van der Waals surface area contributed by atoms with Crippen LogP contribution >= 0.6 is 0 Å². The summed E-state index contributed by atoms with van der Waals surface area (Å²) in [6.07, 6.45) is 1.71. The summed E-state index contributed by atoms with van der Waals surface area (Å²) in [6, 6.07) is 4.85. The summed E-state index contributed by atoms with van der Waals surface area (Å²) in [7, 11) is 0. The number of anilines is 1. The van der Waals surface area contributed by atoms with Gasteiger partial charge in [-0.05, 0) is 31.0 Å². The predicted octanol–water partition coefficient (Wildman–Crippen LogP) is 2.28. The highest BCUT2D eigenvalue weighted by Gasteiger charge is 2.34. The highest BCUT2D eigenvalue weighted by molar-refractivity contribution is 5.96. The minimum atomic E-state index is -0.449. The molecule has 0 saturated carbocycles. The van der Waals surface area contributed by atoms with E-state index in [-0.39, 0.29) is 11.9 Å². The molecule has 0 aliphatic carbocycles. The fourth-order valence-corrected chi connectivity index (χ4v) is 3.05. The number of aromatic nitrogens is 2. The molecule has 1 atom stereocenters. The molecule has 1 aliphatic rings. The van der Waals surface area contributed by atoms with Crippen molar-refractivity contribution >= 4 is 28.5 Å². The standard InChI is InChI=1S/C17H23N5O2/c1-11(2)10-21-6-7-22(12(3)16(21)23)17(24)19-14-4-5-15-13(8-14)9-18-20-15/h4-5,8-9,11-12H,6-7,10H2,1-3H3,(H,18,20)(H,19,24)/t12-/m1/s1. The van der Waals surface area contributed by atoms with Crippen molar-refractivity contribution in [3.63, 3.8) is 0 Å². The third-order valence-electron chi connectivity index (χ3n) is 4.29. The van der Waals surface area contributed by atoms with E-state index in [0.717, 1.165) is 17.4 Å². The van der Waals surface area contributed by atoms with Gasteiger partial charge >= 0.3 is 6.03 Å². The Balaban J connectivity index is 1.67. The molecular formula is C17H23N5O2. The van der Waals surface area contributed by atoms with Crippen LogP contribution in [-0.4, -0.2) is 57.6 Å². The van der Waals surface area contributed by atoms with Crippen LogP contribution < -0.4 is 5.32 Å². The third kappa shape index (κ3) is 3.20. The van der Waals surface area contributed by atoms with Crippen molar-refractivity contribution < 1.29 is 9.59 Å². The summed E-state index contributed by atoms with van der Waals surface area (Å²) >= 11 is 0. The molecule has 1 aliphatic heterocycles. The topological polar surface area (TPSA) is 81.3 Å². The van der Waals surface area contributed by atoms with Gasteiger partial charge in [-0.2, -0.15) is 5.10 Å². The summed E-state index contributed by atoms with van der Waals surface area (Å²) in [5, 5.41) is 10.6. The van der Waals surface area contributed by atoms with Gasteiger partial charge in [0.15, 0.2) is 0 Å². The largest absolute Gasteiger partial charge is 0.339 e. The molecule has 128 valence electrons. The Bertz CT molecular complexity index is 754. The first-order chi connectivity index (χ1) is 11.5. The molecule has 1 aromatic carbocycles. The van der Waals surface area contributed by atoms with Crippen molar-refractivity contribution in [2.45, 2.75) is 26.8 Å². The Labute approximate surface area is 141 Å². The van der Waals surface area contributed by atoms with Crippen LogP contribution in [0.3, 0.4) is 0 Å². The number of benzene rings is 1. The minimum absolute atomic E-state index is 0.00962. The van der Waals surface area contributed by atoms with E-state index in [0.29, 0.717) is 24.7 Å². The Morgan fingerprint density at radius 3 is 2.96 bits per heavy atom. The molecule has 7 heteroatoms. The number of amides is 3. The molecule has 2 heterocycles. The third-order valence-corrected chi connectivity index (χ3v) is 4.29. The summed E-state index contributed by atoms with van der Waals surface area (Å²) in [6.45, 7) is 7.81. The van der Waals surface area contributed by atoms with E-state index < -0.39 is 6.04 Å². The van der Waals surface area contributed by atoms with Crippen LogP contribution in [0.2, 0.25) is 0 Å². The maximum absolute atomic E-state index is 12.5. The molecular weight excluding hydrogens is 306 g/mol. The molecule has 2 N–H and O–H groups in total. The lowest BCUT2D eigenvalue weighted by atomic mass is 10.1. The maximum atomic E-state index is 12.5. The van der Waals surface area contributed by atoms with Crippen molar-refractivity contribution in [1.29, 1.82) is 0 Å². The first kappa shape index (κ1) is 16.3. The van der Waals surface area contributed by atoms with Crippen LogP contribution in [-0.2, 0) is 4.79 Å². The lowest BCUT2D eigenvalue weighted by molar-refractivity contribution is -0.139. The van der Waals surface area contributed by atoms with E-state index in [4.69, 9.17) is 0 Å². The van der Waals surface area contributed by atoms with Crippen molar-refractivity contribution in [2.75, 3.05) is 25.0 Å². The fourth-order valence-electron chi connectivity index (χ4n) is 3.05. The smallest absolute Gasteiger partial charge is 0.322 e. The zero-order chi connectivity index (χ0) is 17.3. The zero-order valence-corrected chi connectivity index (χ0v) is 14.2. The molecule has 1 aromatic heterocycles. The number of rotatable bonds is 3. The second kappa shape index (κ2) is 6.51. The number of hydrogen-bond donors (Lipinski definition) is 2. The van der Waals surface area contributed by atoms with Gasteiger partial charge in [0.2, 0.25) is 5.91 Å². The highest BCUT2D eigenvalue weighted by atomic mass is 16.2. The first-order valence-electron chi connectivity index (χ1n) is 8.25. The second-order valence-electron chi connectivity index (χ2n) is 6.65. The number of hydrogen-bond acceptors (Lipinski definition) is 3. The number of nitrogens with one attached hydrogen (secondary N) is 2. The number of nitrogens with zero attached hydrogens (tertiary/aromatic N) is 3. The number of aromatic amines is 1. The van der Waals surface area contributed by atoms with Crippen LogP contribution in [0, 0.1) is 5.92 Å².